The first kappa shape index (κ1) is 23.2. The number of H-pyrrole nitrogens is 1. The Bertz CT molecular complexity index is 1110. The Morgan fingerprint density at radius 2 is 1.79 bits per heavy atom. The maximum absolute atomic E-state index is 13.0. The number of nitrogens with one attached hydrogen (secondary N) is 1. The molecule has 8 heteroatoms. The molecule has 0 unspecified atom stereocenters. The Kier molecular flexibility index (Phi) is 5.26. The van der Waals surface area contributed by atoms with Crippen molar-refractivity contribution in [2.75, 3.05) is 0 Å². The van der Waals surface area contributed by atoms with Gasteiger partial charge in [0, 0.05) is 6.04 Å². The zero-order chi connectivity index (χ0) is 24.5. The predicted octanol–water partition coefficient (Wildman–Crippen LogP) is 4.76. The number of carbonyl (C=O) groups is 1. The molecule has 5 rings (SSSR count). The van der Waals surface area contributed by atoms with Crippen LogP contribution in [0, 0.1) is 0 Å². The van der Waals surface area contributed by atoms with Gasteiger partial charge in [-0.2, -0.15) is 0 Å². The third-order valence-corrected chi connectivity index (χ3v) is 7.35. The SMILES string of the molecule is CC(C)(C)OC(=O)N1[C@@H]2CC=C(C2)[C@H]1c1ncc(-c2ccc(B3OC(C)(C)C(C)(C)O3)cc2)[nH]1. The van der Waals surface area contributed by atoms with Gasteiger partial charge >= 0.3 is 13.2 Å². The van der Waals surface area contributed by atoms with Gasteiger partial charge in [0.2, 0.25) is 0 Å². The molecule has 2 atom stereocenters. The number of likely N-dealkylation sites (tertiary alicyclic amines) is 1. The Morgan fingerprint density at radius 3 is 2.41 bits per heavy atom. The highest BCUT2D eigenvalue weighted by atomic mass is 16.7. The zero-order valence-electron chi connectivity index (χ0n) is 21.1. The van der Waals surface area contributed by atoms with Crippen molar-refractivity contribution in [3.8, 4) is 11.3 Å². The molecule has 2 saturated heterocycles. The van der Waals surface area contributed by atoms with Gasteiger partial charge in [-0.3, -0.25) is 4.90 Å². The summed E-state index contributed by atoms with van der Waals surface area (Å²) in [5.41, 5.74) is 2.85. The van der Waals surface area contributed by atoms with Crippen LogP contribution in [0.2, 0.25) is 0 Å². The number of carbonyl (C=O) groups excluding carboxylic acids is 1. The van der Waals surface area contributed by atoms with E-state index < -0.39 is 5.60 Å². The van der Waals surface area contributed by atoms with Gasteiger partial charge in [-0.1, -0.05) is 30.3 Å². The number of hydrogen-bond acceptors (Lipinski definition) is 5. The quantitative estimate of drug-likeness (QED) is 0.525. The average molecular weight is 463 g/mol. The molecule has 1 aromatic carbocycles. The van der Waals surface area contributed by atoms with E-state index >= 15 is 0 Å². The molecule has 0 radical (unpaired) electrons. The molecule has 2 aliphatic heterocycles. The van der Waals surface area contributed by atoms with Gasteiger partial charge in [0.25, 0.3) is 0 Å². The van der Waals surface area contributed by atoms with Gasteiger partial charge in [0.05, 0.1) is 23.1 Å². The fraction of sp³-hybridized carbons (Fsp3) is 0.538. The third-order valence-electron chi connectivity index (χ3n) is 7.35. The van der Waals surface area contributed by atoms with E-state index in [0.29, 0.717) is 0 Å². The molecule has 180 valence electrons. The van der Waals surface area contributed by atoms with E-state index in [1.54, 1.807) is 0 Å². The van der Waals surface area contributed by atoms with Crippen molar-refractivity contribution >= 4 is 18.7 Å². The summed E-state index contributed by atoms with van der Waals surface area (Å²) in [5, 5.41) is 0. The van der Waals surface area contributed by atoms with Crippen molar-refractivity contribution in [2.45, 2.75) is 90.2 Å². The molecule has 3 heterocycles. The van der Waals surface area contributed by atoms with Crippen LogP contribution in [-0.4, -0.2) is 50.9 Å². The lowest BCUT2D eigenvalue weighted by Gasteiger charge is -2.33. The van der Waals surface area contributed by atoms with Crippen LogP contribution in [-0.2, 0) is 14.0 Å². The third kappa shape index (κ3) is 3.97. The van der Waals surface area contributed by atoms with Crippen LogP contribution in [0.5, 0.6) is 0 Å². The minimum absolute atomic E-state index is 0.141. The summed E-state index contributed by atoms with van der Waals surface area (Å²) in [6.07, 6.45) is 5.54. The van der Waals surface area contributed by atoms with Gasteiger partial charge in [-0.05, 0) is 77.9 Å². The maximum Gasteiger partial charge on any atom is 0.494 e. The van der Waals surface area contributed by atoms with Crippen molar-refractivity contribution in [1.29, 1.82) is 0 Å². The highest BCUT2D eigenvalue weighted by Crippen LogP contribution is 2.46. The minimum Gasteiger partial charge on any atom is -0.444 e. The summed E-state index contributed by atoms with van der Waals surface area (Å²) in [6.45, 7) is 13.9. The summed E-state index contributed by atoms with van der Waals surface area (Å²) in [4.78, 5) is 22.9. The number of aromatic amines is 1. The van der Waals surface area contributed by atoms with E-state index in [-0.39, 0.29) is 36.5 Å². The van der Waals surface area contributed by atoms with Crippen molar-refractivity contribution in [3.63, 3.8) is 0 Å². The van der Waals surface area contributed by atoms with Gasteiger partial charge in [0.1, 0.15) is 17.5 Å². The number of ether oxygens (including phenoxy) is 1. The van der Waals surface area contributed by atoms with Gasteiger partial charge in [-0.15, -0.1) is 0 Å². The highest BCUT2D eigenvalue weighted by Gasteiger charge is 2.51. The minimum atomic E-state index is -0.537. The lowest BCUT2D eigenvalue weighted by Crippen LogP contribution is -2.42. The molecular formula is C26H34BN3O4. The van der Waals surface area contributed by atoms with Crippen LogP contribution in [0.3, 0.4) is 0 Å². The number of nitrogens with zero attached hydrogens (tertiary/aromatic N) is 2. The van der Waals surface area contributed by atoms with Gasteiger partial charge < -0.3 is 19.0 Å². The number of benzene rings is 1. The molecule has 7 nitrogen and oxygen atoms in total. The van der Waals surface area contributed by atoms with Crippen LogP contribution in [0.4, 0.5) is 4.79 Å². The normalized spacial score (nSPS) is 25.1. The van der Waals surface area contributed by atoms with Crippen molar-refractivity contribution in [1.82, 2.24) is 14.9 Å². The molecule has 0 saturated carbocycles. The fourth-order valence-corrected chi connectivity index (χ4v) is 4.85. The largest absolute Gasteiger partial charge is 0.494 e. The molecule has 1 N–H and O–H groups in total. The Morgan fingerprint density at radius 1 is 1.15 bits per heavy atom. The van der Waals surface area contributed by atoms with E-state index in [9.17, 15) is 4.79 Å². The number of amides is 1. The van der Waals surface area contributed by atoms with Gasteiger partial charge in [0.15, 0.2) is 0 Å². The summed E-state index contributed by atoms with van der Waals surface area (Å²) < 4.78 is 18.0. The fourth-order valence-electron chi connectivity index (χ4n) is 4.85. The topological polar surface area (TPSA) is 76.7 Å². The number of rotatable bonds is 3. The number of aromatic nitrogens is 2. The molecule has 0 spiro atoms. The molecule has 2 fully saturated rings. The van der Waals surface area contributed by atoms with E-state index in [4.69, 9.17) is 14.0 Å². The number of hydrogen-bond donors (Lipinski definition) is 1. The van der Waals surface area contributed by atoms with Crippen LogP contribution in [0.25, 0.3) is 11.3 Å². The highest BCUT2D eigenvalue weighted by molar-refractivity contribution is 6.62. The first-order valence-electron chi connectivity index (χ1n) is 12.1. The monoisotopic (exact) mass is 463 g/mol. The van der Waals surface area contributed by atoms with E-state index in [1.165, 1.54) is 5.57 Å². The Hall–Kier alpha value is -2.58. The Labute approximate surface area is 202 Å². The maximum atomic E-state index is 13.0. The first-order valence-corrected chi connectivity index (χ1v) is 12.1. The summed E-state index contributed by atoms with van der Waals surface area (Å²) in [7, 11) is -0.389. The standard InChI is InChI=1S/C26H34BN3O4/c1-24(2,3)32-23(31)30-19-13-10-17(14-19)21(30)22-28-15-20(29-22)16-8-11-18(12-9-16)27-33-25(4,5)26(6,7)34-27/h8-12,15,19,21H,13-14H2,1-7H3,(H,28,29)/t19-,21+/m1/s1. The van der Waals surface area contributed by atoms with Gasteiger partial charge in [-0.25, -0.2) is 9.78 Å². The lowest BCUT2D eigenvalue weighted by atomic mass is 9.79. The molecular weight excluding hydrogens is 429 g/mol. The summed E-state index contributed by atoms with van der Waals surface area (Å²) >= 11 is 0. The van der Waals surface area contributed by atoms with Crippen LogP contribution < -0.4 is 5.46 Å². The Balaban J connectivity index is 1.35. The van der Waals surface area contributed by atoms with Crippen LogP contribution in [0.1, 0.15) is 73.2 Å². The predicted molar refractivity (Wildman–Crippen MR) is 132 cm³/mol. The molecule has 1 amide bonds. The molecule has 1 aromatic heterocycles. The molecule has 34 heavy (non-hydrogen) atoms. The zero-order valence-corrected chi connectivity index (χ0v) is 21.1. The number of imidazole rings is 1. The second-order valence-electron chi connectivity index (χ2n) is 11.6. The second-order valence-corrected chi connectivity index (χ2v) is 11.6. The van der Waals surface area contributed by atoms with E-state index in [2.05, 4.69) is 43.7 Å². The lowest BCUT2D eigenvalue weighted by molar-refractivity contribution is 0.00578. The molecule has 1 aliphatic carbocycles. The average Bonchev–Trinajstić information content (AvgIpc) is 3.49. The van der Waals surface area contributed by atoms with Crippen molar-refractivity contribution < 1.29 is 18.8 Å². The first-order chi connectivity index (χ1) is 15.8. The smallest absolute Gasteiger partial charge is 0.444 e. The van der Waals surface area contributed by atoms with Crippen molar-refractivity contribution in [3.05, 3.63) is 47.9 Å². The summed E-state index contributed by atoms with van der Waals surface area (Å²) in [6, 6.07) is 8.09. The van der Waals surface area contributed by atoms with E-state index in [0.717, 1.165) is 35.4 Å². The molecule has 2 bridgehead atoms. The second kappa shape index (κ2) is 7.72. The van der Waals surface area contributed by atoms with E-state index in [1.807, 2.05) is 56.1 Å². The number of fused-ring (bicyclic) bond motifs is 2. The molecule has 3 aliphatic rings. The molecule has 2 aromatic rings. The van der Waals surface area contributed by atoms with Crippen LogP contribution >= 0.6 is 0 Å². The van der Waals surface area contributed by atoms with Crippen molar-refractivity contribution in [2.24, 2.45) is 0 Å². The van der Waals surface area contributed by atoms with Crippen LogP contribution in [0.15, 0.2) is 42.1 Å². The summed E-state index contributed by atoms with van der Waals surface area (Å²) in [5.74, 6) is 0.768.